The molecule has 1 heterocycles. The van der Waals surface area contributed by atoms with Gasteiger partial charge in [0.2, 0.25) is 0 Å². The Bertz CT molecular complexity index is 744. The van der Waals surface area contributed by atoms with Gasteiger partial charge in [0, 0.05) is 35.8 Å². The maximum atomic E-state index is 12.6. The highest BCUT2D eigenvalue weighted by molar-refractivity contribution is 6.17. The minimum Gasteiger partial charge on any atom is -0.308 e. The lowest BCUT2D eigenvalue weighted by Crippen LogP contribution is -2.28. The number of anilines is 1. The van der Waals surface area contributed by atoms with Gasteiger partial charge >= 0.3 is 0 Å². The first-order valence-corrected chi connectivity index (χ1v) is 7.37. The molecule has 3 rings (SSSR count). The Morgan fingerprint density at radius 3 is 2.59 bits per heavy atom. The van der Waals surface area contributed by atoms with Gasteiger partial charge in [0.05, 0.1) is 4.92 Å². The molecule has 0 aliphatic carbocycles. The van der Waals surface area contributed by atoms with Crippen molar-refractivity contribution in [3.63, 3.8) is 0 Å². The van der Waals surface area contributed by atoms with Gasteiger partial charge in [0.15, 0.2) is 0 Å². The van der Waals surface area contributed by atoms with E-state index in [4.69, 9.17) is 11.6 Å². The first-order chi connectivity index (χ1) is 10.6. The first kappa shape index (κ1) is 14.5. The molecular formula is C16H13ClN2O3. The van der Waals surface area contributed by atoms with Gasteiger partial charge in [-0.3, -0.25) is 14.9 Å². The van der Waals surface area contributed by atoms with E-state index in [9.17, 15) is 14.9 Å². The van der Waals surface area contributed by atoms with E-state index >= 15 is 0 Å². The number of non-ortho nitro benzene ring substituents is 1. The zero-order valence-corrected chi connectivity index (χ0v) is 12.4. The molecule has 0 saturated heterocycles. The summed E-state index contributed by atoms with van der Waals surface area (Å²) in [6.07, 6.45) is 0.627. The summed E-state index contributed by atoms with van der Waals surface area (Å²) in [5.74, 6) is 0.304. The molecule has 0 unspecified atom stereocenters. The molecule has 2 aromatic rings. The van der Waals surface area contributed by atoms with Crippen LogP contribution in [0.1, 0.15) is 21.5 Å². The van der Waals surface area contributed by atoms with Crippen molar-refractivity contribution < 1.29 is 9.72 Å². The van der Waals surface area contributed by atoms with Crippen LogP contribution in [0.25, 0.3) is 0 Å². The third-order valence-electron chi connectivity index (χ3n) is 3.77. The fourth-order valence-electron chi connectivity index (χ4n) is 2.60. The second-order valence-corrected chi connectivity index (χ2v) is 5.37. The summed E-state index contributed by atoms with van der Waals surface area (Å²) < 4.78 is 0. The number of rotatable bonds is 3. The largest absolute Gasteiger partial charge is 0.308 e. The molecule has 1 amide bonds. The lowest BCUT2D eigenvalue weighted by atomic mass is 10.1. The Labute approximate surface area is 132 Å². The third kappa shape index (κ3) is 2.55. The van der Waals surface area contributed by atoms with Gasteiger partial charge in [-0.25, -0.2) is 0 Å². The number of amides is 1. The molecule has 0 spiro atoms. The fraction of sp³-hybridized carbons (Fsp3) is 0.188. The fourth-order valence-corrected chi connectivity index (χ4v) is 2.78. The number of carbonyl (C=O) groups excluding carboxylic acids is 1. The molecule has 1 aliphatic rings. The summed E-state index contributed by atoms with van der Waals surface area (Å²) in [6.45, 7) is 0.534. The van der Waals surface area contributed by atoms with Gasteiger partial charge in [-0.05, 0) is 35.7 Å². The molecule has 0 aromatic heterocycles. The highest BCUT2D eigenvalue weighted by Crippen LogP contribution is 2.32. The van der Waals surface area contributed by atoms with Crippen molar-refractivity contribution in [1.29, 1.82) is 0 Å². The maximum Gasteiger partial charge on any atom is 0.269 e. The highest BCUT2D eigenvalue weighted by atomic mass is 35.5. The van der Waals surface area contributed by atoms with Crippen molar-refractivity contribution in [3.8, 4) is 0 Å². The van der Waals surface area contributed by atoms with Crippen LogP contribution in [0.15, 0.2) is 42.5 Å². The molecule has 6 heteroatoms. The summed E-state index contributed by atoms with van der Waals surface area (Å²) in [4.78, 5) is 24.6. The van der Waals surface area contributed by atoms with Crippen LogP contribution in [0.2, 0.25) is 0 Å². The molecule has 0 saturated carbocycles. The average Bonchev–Trinajstić information content (AvgIpc) is 2.97. The van der Waals surface area contributed by atoms with Crippen LogP contribution in [-0.2, 0) is 12.3 Å². The summed E-state index contributed by atoms with van der Waals surface area (Å²) in [7, 11) is 0. The van der Waals surface area contributed by atoms with E-state index in [-0.39, 0.29) is 11.6 Å². The Kier molecular flexibility index (Phi) is 3.81. The van der Waals surface area contributed by atoms with Crippen molar-refractivity contribution in [1.82, 2.24) is 0 Å². The van der Waals surface area contributed by atoms with Gasteiger partial charge in [0.25, 0.3) is 11.6 Å². The summed E-state index contributed by atoms with van der Waals surface area (Å²) in [5, 5.41) is 10.8. The first-order valence-electron chi connectivity index (χ1n) is 6.84. The molecule has 0 bridgehead atoms. The highest BCUT2D eigenvalue weighted by Gasteiger charge is 2.27. The molecule has 0 atom stereocenters. The van der Waals surface area contributed by atoms with Crippen LogP contribution in [-0.4, -0.2) is 17.4 Å². The van der Waals surface area contributed by atoms with Crippen LogP contribution in [0.5, 0.6) is 0 Å². The minimum atomic E-state index is -0.421. The van der Waals surface area contributed by atoms with Crippen LogP contribution in [0, 0.1) is 10.1 Å². The number of nitro benzene ring substituents is 1. The Morgan fingerprint density at radius 2 is 1.95 bits per heavy atom. The van der Waals surface area contributed by atoms with E-state index in [1.807, 2.05) is 12.1 Å². The molecule has 0 fully saturated rings. The quantitative estimate of drug-likeness (QED) is 0.494. The third-order valence-corrected chi connectivity index (χ3v) is 4.08. The van der Waals surface area contributed by atoms with Gasteiger partial charge in [-0.15, -0.1) is 11.6 Å². The molecular weight excluding hydrogens is 304 g/mol. The topological polar surface area (TPSA) is 63.5 Å². The predicted molar refractivity (Wildman–Crippen MR) is 84.5 cm³/mol. The number of hydrogen-bond acceptors (Lipinski definition) is 3. The van der Waals surface area contributed by atoms with E-state index in [1.165, 1.54) is 6.07 Å². The maximum absolute atomic E-state index is 12.6. The molecule has 2 aromatic carbocycles. The average molecular weight is 317 g/mol. The Balaban J connectivity index is 1.88. The van der Waals surface area contributed by atoms with Gasteiger partial charge < -0.3 is 4.90 Å². The van der Waals surface area contributed by atoms with Crippen molar-refractivity contribution in [3.05, 3.63) is 69.3 Å². The Morgan fingerprint density at radius 1 is 1.23 bits per heavy atom. The van der Waals surface area contributed by atoms with E-state index in [0.29, 0.717) is 24.4 Å². The molecule has 5 nitrogen and oxygen atoms in total. The standard InChI is InChI=1S/C16H13ClN2O3/c17-10-11-1-3-12(4-2-11)16(20)18-8-7-13-9-14(19(21)22)5-6-15(13)18/h1-6,9H,7-8,10H2. The number of hydrogen-bond donors (Lipinski definition) is 0. The number of alkyl halides is 1. The monoisotopic (exact) mass is 316 g/mol. The zero-order valence-electron chi connectivity index (χ0n) is 11.7. The number of halogens is 1. The lowest BCUT2D eigenvalue weighted by molar-refractivity contribution is -0.384. The van der Waals surface area contributed by atoms with E-state index in [0.717, 1.165) is 16.8 Å². The second kappa shape index (κ2) is 5.77. The van der Waals surface area contributed by atoms with Gasteiger partial charge in [0.1, 0.15) is 0 Å². The van der Waals surface area contributed by atoms with Gasteiger partial charge in [-0.2, -0.15) is 0 Å². The van der Waals surface area contributed by atoms with Crippen molar-refractivity contribution in [2.24, 2.45) is 0 Å². The predicted octanol–water partition coefficient (Wildman–Crippen LogP) is 3.54. The van der Waals surface area contributed by atoms with E-state index in [1.54, 1.807) is 29.2 Å². The number of fused-ring (bicyclic) bond motifs is 1. The van der Waals surface area contributed by atoms with Crippen molar-refractivity contribution in [2.75, 3.05) is 11.4 Å². The van der Waals surface area contributed by atoms with Gasteiger partial charge in [-0.1, -0.05) is 12.1 Å². The molecule has 112 valence electrons. The van der Waals surface area contributed by atoms with Crippen molar-refractivity contribution in [2.45, 2.75) is 12.3 Å². The zero-order chi connectivity index (χ0) is 15.7. The van der Waals surface area contributed by atoms with Crippen LogP contribution in [0.4, 0.5) is 11.4 Å². The SMILES string of the molecule is O=C(c1ccc(CCl)cc1)N1CCc2cc([N+](=O)[O-])ccc21. The second-order valence-electron chi connectivity index (χ2n) is 5.11. The number of nitro groups is 1. The normalized spacial score (nSPS) is 13.0. The summed E-state index contributed by atoms with van der Waals surface area (Å²) in [6, 6.07) is 11.8. The number of carbonyl (C=O) groups is 1. The Hall–Kier alpha value is -2.40. The van der Waals surface area contributed by atoms with Crippen molar-refractivity contribution >= 4 is 28.9 Å². The number of nitrogens with zero attached hydrogens (tertiary/aromatic N) is 2. The smallest absolute Gasteiger partial charge is 0.269 e. The van der Waals surface area contributed by atoms with Crippen LogP contribution >= 0.6 is 11.6 Å². The molecule has 0 radical (unpaired) electrons. The van der Waals surface area contributed by atoms with Crippen LogP contribution in [0.3, 0.4) is 0 Å². The van der Waals surface area contributed by atoms with E-state index in [2.05, 4.69) is 0 Å². The number of benzene rings is 2. The van der Waals surface area contributed by atoms with E-state index < -0.39 is 4.92 Å². The molecule has 0 N–H and O–H groups in total. The molecule has 1 aliphatic heterocycles. The minimum absolute atomic E-state index is 0.0551. The molecule has 22 heavy (non-hydrogen) atoms. The van der Waals surface area contributed by atoms with Crippen LogP contribution < -0.4 is 4.90 Å². The lowest BCUT2D eigenvalue weighted by Gasteiger charge is -2.17. The summed E-state index contributed by atoms with van der Waals surface area (Å²) >= 11 is 5.74. The summed E-state index contributed by atoms with van der Waals surface area (Å²) in [5.41, 5.74) is 3.17.